The third kappa shape index (κ3) is 4.96. The molecule has 6 heterocycles. The van der Waals surface area contributed by atoms with Gasteiger partial charge in [0.05, 0.1) is 40.2 Å². The Bertz CT molecular complexity index is 1250. The molecule has 2 amide bonds. The molecular weight excluding hydrogens is 543 g/mol. The normalized spacial score (nSPS) is 29.9. The van der Waals surface area contributed by atoms with Crippen LogP contribution in [0, 0.1) is 5.92 Å². The summed E-state index contributed by atoms with van der Waals surface area (Å²) >= 11 is 9.30. The number of thioether (sulfide) groups is 2. The minimum Gasteiger partial charge on any atom is -0.481 e. The number of carbonyl (C=O) groups excluding carboxylic acids is 2. The van der Waals surface area contributed by atoms with Gasteiger partial charge in [-0.1, -0.05) is 42.5 Å². The number of aliphatic carboxylic acids is 1. The first-order chi connectivity index (χ1) is 18.4. The number of furan rings is 1. The molecule has 5 saturated heterocycles. The van der Waals surface area contributed by atoms with E-state index in [0.717, 1.165) is 34.2 Å². The number of urea groups is 1. The molecule has 8 nitrogen and oxygen atoms in total. The van der Waals surface area contributed by atoms with Crippen molar-refractivity contribution in [3.8, 4) is 11.3 Å². The number of carboxylic acid groups (broad SMARTS) is 1. The molecule has 0 aliphatic carbocycles. The molecule has 5 fully saturated rings. The predicted octanol–water partition coefficient (Wildman–Crippen LogP) is 4.11. The van der Waals surface area contributed by atoms with Crippen LogP contribution in [0.3, 0.4) is 0 Å². The summed E-state index contributed by atoms with van der Waals surface area (Å²) in [5.74, 6) is 1.57. The summed E-state index contributed by atoms with van der Waals surface area (Å²) in [5.41, 5.74) is 1.02. The highest BCUT2D eigenvalue weighted by Crippen LogP contribution is 2.58. The minimum atomic E-state index is -0.891. The first kappa shape index (κ1) is 25.8. The molecule has 2 bridgehead atoms. The molecule has 2 aromatic rings. The van der Waals surface area contributed by atoms with Crippen LogP contribution >= 0.6 is 35.7 Å². The number of Topliss-reactive ketones (excluding diaryl/α,β-unsaturated/α-hetero) is 1. The molecule has 1 aromatic heterocycles. The molecule has 11 heteroatoms. The first-order valence-corrected chi connectivity index (χ1v) is 15.3. The van der Waals surface area contributed by atoms with Gasteiger partial charge in [0.1, 0.15) is 11.5 Å². The van der Waals surface area contributed by atoms with Crippen molar-refractivity contribution in [2.45, 2.75) is 59.6 Å². The molecule has 3 N–H and O–H groups in total. The number of hydrogen-bond donors (Lipinski definition) is 3. The van der Waals surface area contributed by atoms with Crippen molar-refractivity contribution in [2.24, 2.45) is 5.92 Å². The maximum atomic E-state index is 13.2. The SMILES string of the molecule is O=C(O)CC(CCC1SCC2NC(=O)NC21)CC(=O)CN1C(=S)C2S[C@H]1C2c1ccc(-c2ccccc2)o1. The van der Waals surface area contributed by atoms with Gasteiger partial charge in [0.25, 0.3) is 0 Å². The zero-order valence-electron chi connectivity index (χ0n) is 20.6. The van der Waals surface area contributed by atoms with Crippen LogP contribution in [0.5, 0.6) is 0 Å². The zero-order chi connectivity index (χ0) is 26.4. The summed E-state index contributed by atoms with van der Waals surface area (Å²) in [4.78, 5) is 39.1. The van der Waals surface area contributed by atoms with E-state index in [4.69, 9.17) is 16.6 Å². The first-order valence-electron chi connectivity index (χ1n) is 12.9. The summed E-state index contributed by atoms with van der Waals surface area (Å²) < 4.78 is 6.20. The molecule has 38 heavy (non-hydrogen) atoms. The van der Waals surface area contributed by atoms with E-state index in [-0.39, 0.29) is 71.0 Å². The van der Waals surface area contributed by atoms with E-state index < -0.39 is 5.97 Å². The largest absolute Gasteiger partial charge is 0.481 e. The van der Waals surface area contributed by atoms with Crippen molar-refractivity contribution >= 4 is 58.5 Å². The Morgan fingerprint density at radius 1 is 1.16 bits per heavy atom. The fourth-order valence-electron chi connectivity index (χ4n) is 6.04. The van der Waals surface area contributed by atoms with Gasteiger partial charge in [-0.25, -0.2) is 4.79 Å². The zero-order valence-corrected chi connectivity index (χ0v) is 23.0. The number of nitrogens with zero attached hydrogens (tertiary/aromatic N) is 1. The van der Waals surface area contributed by atoms with Gasteiger partial charge in [-0.3, -0.25) is 9.59 Å². The number of rotatable bonds is 11. The molecule has 7 atom stereocenters. The molecule has 0 radical (unpaired) electrons. The highest BCUT2D eigenvalue weighted by atomic mass is 32.2. The van der Waals surface area contributed by atoms with Crippen LogP contribution in [0.1, 0.15) is 37.4 Å². The monoisotopic (exact) mass is 571 g/mol. The van der Waals surface area contributed by atoms with E-state index in [2.05, 4.69) is 10.6 Å². The van der Waals surface area contributed by atoms with Crippen molar-refractivity contribution in [2.75, 3.05) is 12.3 Å². The number of carbonyl (C=O) groups is 3. The van der Waals surface area contributed by atoms with Crippen molar-refractivity contribution in [1.29, 1.82) is 0 Å². The summed E-state index contributed by atoms with van der Waals surface area (Å²) in [7, 11) is 0. The van der Waals surface area contributed by atoms with Crippen LogP contribution in [0.4, 0.5) is 4.79 Å². The number of ketones is 1. The Kier molecular flexibility index (Phi) is 7.17. The predicted molar refractivity (Wildman–Crippen MR) is 151 cm³/mol. The van der Waals surface area contributed by atoms with Crippen molar-refractivity contribution in [3.63, 3.8) is 0 Å². The lowest BCUT2D eigenvalue weighted by molar-refractivity contribution is -0.138. The molecule has 6 unspecified atom stereocenters. The Hall–Kier alpha value is -2.50. The molecule has 200 valence electrons. The Morgan fingerprint density at radius 2 is 1.97 bits per heavy atom. The lowest BCUT2D eigenvalue weighted by Gasteiger charge is -2.33. The highest BCUT2D eigenvalue weighted by molar-refractivity contribution is 8.04. The molecule has 5 aliphatic heterocycles. The van der Waals surface area contributed by atoms with E-state index in [1.54, 1.807) is 23.5 Å². The maximum Gasteiger partial charge on any atom is 0.315 e. The number of fused-ring (bicyclic) bond motifs is 2. The van der Waals surface area contributed by atoms with Gasteiger partial charge in [-0.2, -0.15) is 11.8 Å². The summed E-state index contributed by atoms with van der Waals surface area (Å²) in [6.45, 7) is 0.203. The van der Waals surface area contributed by atoms with E-state index in [1.165, 1.54) is 0 Å². The van der Waals surface area contributed by atoms with Gasteiger partial charge in [0, 0.05) is 29.4 Å². The van der Waals surface area contributed by atoms with E-state index in [9.17, 15) is 19.5 Å². The standard InChI is InChI=1S/C27H29N3O5S3/c31-16(10-14(11-21(32)33)6-9-20-23-17(13-37-20)28-27(34)29-23)12-30-25(36)24-22(26(30)38-24)19-8-7-18(35-19)15-4-2-1-3-5-15/h1-5,7-8,14,17,20,22-24,26H,6,9-13H2,(H,32,33)(H2,28,29,34)/t14?,17?,20?,22?,23?,24?,26-/m0/s1. The second-order valence-corrected chi connectivity index (χ2v) is 13.4. The maximum absolute atomic E-state index is 13.2. The second-order valence-electron chi connectivity index (χ2n) is 10.4. The topological polar surface area (TPSA) is 112 Å². The summed E-state index contributed by atoms with van der Waals surface area (Å²) in [6, 6.07) is 14.0. The smallest absolute Gasteiger partial charge is 0.315 e. The van der Waals surface area contributed by atoms with Crippen LogP contribution < -0.4 is 10.6 Å². The Balaban J connectivity index is 1.05. The lowest BCUT2D eigenvalue weighted by Crippen LogP contribution is -2.37. The van der Waals surface area contributed by atoms with Gasteiger partial charge in [-0.05, 0) is 30.9 Å². The van der Waals surface area contributed by atoms with Gasteiger partial charge in [0.2, 0.25) is 0 Å². The van der Waals surface area contributed by atoms with E-state index >= 15 is 0 Å². The van der Waals surface area contributed by atoms with Crippen molar-refractivity contribution < 1.29 is 23.9 Å². The molecule has 0 spiro atoms. The quantitative estimate of drug-likeness (QED) is 0.271. The lowest BCUT2D eigenvalue weighted by atomic mass is 9.91. The van der Waals surface area contributed by atoms with Crippen LogP contribution in [0.15, 0.2) is 46.9 Å². The van der Waals surface area contributed by atoms with Gasteiger partial charge < -0.3 is 25.1 Å². The molecule has 1 aromatic carbocycles. The molecule has 0 saturated carbocycles. The fraction of sp³-hybridized carbons (Fsp3) is 0.481. The summed E-state index contributed by atoms with van der Waals surface area (Å²) in [6.07, 6.45) is 1.58. The van der Waals surface area contributed by atoms with E-state index in [1.807, 2.05) is 47.4 Å². The van der Waals surface area contributed by atoms with Crippen LogP contribution in [0.2, 0.25) is 0 Å². The number of carboxylic acids is 1. The minimum absolute atomic E-state index is 0.0164. The van der Waals surface area contributed by atoms with E-state index in [0.29, 0.717) is 6.42 Å². The van der Waals surface area contributed by atoms with Crippen molar-refractivity contribution in [3.05, 3.63) is 48.2 Å². The average molecular weight is 572 g/mol. The van der Waals surface area contributed by atoms with Gasteiger partial charge in [-0.15, -0.1) is 11.8 Å². The highest BCUT2D eigenvalue weighted by Gasteiger charge is 2.58. The molecular formula is C27H29N3O5S3. The number of hydrogen-bond acceptors (Lipinski definition) is 7. The molecule has 5 aliphatic rings. The number of nitrogens with one attached hydrogen (secondary N) is 2. The summed E-state index contributed by atoms with van der Waals surface area (Å²) in [5, 5.41) is 15.8. The fourth-order valence-corrected chi connectivity index (χ4v) is 9.64. The third-order valence-corrected chi connectivity index (χ3v) is 11.7. The number of benzene rings is 1. The van der Waals surface area contributed by atoms with Crippen molar-refractivity contribution in [1.82, 2.24) is 15.5 Å². The third-order valence-electron chi connectivity index (χ3n) is 7.89. The Morgan fingerprint density at radius 3 is 2.76 bits per heavy atom. The molecule has 7 rings (SSSR count). The van der Waals surface area contributed by atoms with Crippen LogP contribution in [-0.2, 0) is 9.59 Å². The second kappa shape index (κ2) is 10.6. The van der Waals surface area contributed by atoms with Crippen LogP contribution in [0.25, 0.3) is 11.3 Å². The number of thiocarbonyl (C=S) groups is 1. The average Bonchev–Trinajstić information content (AvgIpc) is 3.66. The Labute approximate surface area is 234 Å². The van der Waals surface area contributed by atoms with Gasteiger partial charge in [0.15, 0.2) is 5.78 Å². The number of amides is 2. The van der Waals surface area contributed by atoms with Crippen LogP contribution in [-0.4, -0.2) is 73.0 Å². The van der Waals surface area contributed by atoms with Gasteiger partial charge >= 0.3 is 12.0 Å².